The molecule has 1 heterocycles. The number of nitrogens with one attached hydrogen (secondary N) is 2. The van der Waals surface area contributed by atoms with E-state index in [4.69, 9.17) is 0 Å². The van der Waals surface area contributed by atoms with Gasteiger partial charge in [-0.3, -0.25) is 4.79 Å². The molecule has 0 unspecified atom stereocenters. The van der Waals surface area contributed by atoms with Crippen molar-refractivity contribution in [3.63, 3.8) is 0 Å². The molecular weight excluding hydrogens is 338 g/mol. The van der Waals surface area contributed by atoms with Gasteiger partial charge >= 0.3 is 6.03 Å². The minimum absolute atomic E-state index is 0.0116. The lowest BCUT2D eigenvalue weighted by Crippen LogP contribution is -2.47. The molecule has 2 aromatic rings. The first kappa shape index (κ1) is 19.0. The van der Waals surface area contributed by atoms with E-state index in [-0.39, 0.29) is 17.9 Å². The lowest BCUT2D eigenvalue weighted by atomic mass is 9.97. The van der Waals surface area contributed by atoms with Crippen LogP contribution in [0.25, 0.3) is 0 Å². The molecule has 27 heavy (non-hydrogen) atoms. The molecule has 5 heteroatoms. The number of hydrogen-bond donors (Lipinski definition) is 2. The number of amides is 3. The predicted octanol–water partition coefficient (Wildman–Crippen LogP) is 3.86. The van der Waals surface area contributed by atoms with E-state index >= 15 is 0 Å². The van der Waals surface area contributed by atoms with Crippen LogP contribution in [0.1, 0.15) is 29.5 Å². The number of nitrogens with zero attached hydrogens (tertiary/aromatic N) is 1. The Balaban J connectivity index is 1.55. The van der Waals surface area contributed by atoms with Crippen molar-refractivity contribution in [2.24, 2.45) is 5.92 Å². The summed E-state index contributed by atoms with van der Waals surface area (Å²) >= 11 is 0. The van der Waals surface area contributed by atoms with E-state index in [1.54, 1.807) is 4.90 Å². The van der Waals surface area contributed by atoms with Crippen LogP contribution in [0.4, 0.5) is 10.5 Å². The van der Waals surface area contributed by atoms with E-state index in [2.05, 4.69) is 16.7 Å². The predicted molar refractivity (Wildman–Crippen MR) is 108 cm³/mol. The van der Waals surface area contributed by atoms with Gasteiger partial charge in [-0.2, -0.15) is 0 Å². The highest BCUT2D eigenvalue weighted by molar-refractivity contribution is 5.93. The largest absolute Gasteiger partial charge is 0.334 e. The second kappa shape index (κ2) is 8.71. The van der Waals surface area contributed by atoms with Crippen LogP contribution in [0.3, 0.4) is 0 Å². The third kappa shape index (κ3) is 5.09. The molecule has 0 radical (unpaired) electrons. The number of anilines is 1. The number of likely N-dealkylation sites (tertiary alicyclic amines) is 1. The second-order valence-electron chi connectivity index (χ2n) is 7.24. The first-order valence-corrected chi connectivity index (χ1v) is 9.48. The lowest BCUT2D eigenvalue weighted by Gasteiger charge is -2.32. The molecule has 0 bridgehead atoms. The van der Waals surface area contributed by atoms with Crippen molar-refractivity contribution in [1.82, 2.24) is 10.2 Å². The van der Waals surface area contributed by atoms with Crippen molar-refractivity contribution in [3.8, 4) is 0 Å². The minimum Gasteiger partial charge on any atom is -0.334 e. The average Bonchev–Trinajstić information content (AvgIpc) is 2.69. The van der Waals surface area contributed by atoms with Crippen LogP contribution >= 0.6 is 0 Å². The van der Waals surface area contributed by atoms with Crippen LogP contribution < -0.4 is 10.6 Å². The summed E-state index contributed by atoms with van der Waals surface area (Å²) in [6, 6.07) is 15.7. The number of carbonyl (C=O) groups is 2. The highest BCUT2D eigenvalue weighted by atomic mass is 16.2. The highest BCUT2D eigenvalue weighted by Crippen LogP contribution is 2.21. The van der Waals surface area contributed by atoms with Crippen molar-refractivity contribution in [2.75, 3.05) is 18.4 Å². The first-order valence-electron chi connectivity index (χ1n) is 9.48. The maximum atomic E-state index is 12.7. The summed E-state index contributed by atoms with van der Waals surface area (Å²) in [6.07, 6.45) is 1.64. The molecule has 1 atom stereocenters. The number of benzene rings is 2. The highest BCUT2D eigenvalue weighted by Gasteiger charge is 2.28. The molecule has 0 aromatic heterocycles. The first-order chi connectivity index (χ1) is 13.0. The van der Waals surface area contributed by atoms with E-state index < -0.39 is 0 Å². The minimum atomic E-state index is -0.179. The molecule has 1 aliphatic rings. The Morgan fingerprint density at radius 2 is 1.89 bits per heavy atom. The van der Waals surface area contributed by atoms with Crippen LogP contribution in [0.2, 0.25) is 0 Å². The molecule has 1 aliphatic heterocycles. The van der Waals surface area contributed by atoms with Crippen LogP contribution in [-0.2, 0) is 11.3 Å². The summed E-state index contributed by atoms with van der Waals surface area (Å²) in [5.41, 5.74) is 4.13. The molecule has 0 aliphatic carbocycles. The van der Waals surface area contributed by atoms with Crippen LogP contribution in [-0.4, -0.2) is 29.9 Å². The smallest absolute Gasteiger partial charge is 0.317 e. The van der Waals surface area contributed by atoms with E-state index in [1.165, 1.54) is 5.56 Å². The fraction of sp³-hybridized carbons (Fsp3) is 0.364. The number of urea groups is 1. The quantitative estimate of drug-likeness (QED) is 0.864. The fourth-order valence-electron chi connectivity index (χ4n) is 3.45. The number of rotatable bonds is 4. The summed E-state index contributed by atoms with van der Waals surface area (Å²) < 4.78 is 0. The van der Waals surface area contributed by atoms with Crippen molar-refractivity contribution in [3.05, 3.63) is 65.2 Å². The zero-order valence-electron chi connectivity index (χ0n) is 16.0. The Labute approximate surface area is 160 Å². The van der Waals surface area contributed by atoms with E-state index in [1.807, 2.05) is 56.3 Å². The van der Waals surface area contributed by atoms with Crippen LogP contribution in [0.5, 0.6) is 0 Å². The molecule has 0 saturated carbocycles. The molecule has 1 saturated heterocycles. The molecule has 142 valence electrons. The van der Waals surface area contributed by atoms with Gasteiger partial charge in [-0.25, -0.2) is 4.79 Å². The maximum absolute atomic E-state index is 12.7. The van der Waals surface area contributed by atoms with Gasteiger partial charge in [-0.05, 0) is 43.9 Å². The summed E-state index contributed by atoms with van der Waals surface area (Å²) in [4.78, 5) is 26.9. The van der Waals surface area contributed by atoms with E-state index in [0.29, 0.717) is 19.6 Å². The molecule has 3 rings (SSSR count). The molecule has 2 aromatic carbocycles. The molecule has 3 amide bonds. The maximum Gasteiger partial charge on any atom is 0.317 e. The van der Waals surface area contributed by atoms with E-state index in [9.17, 15) is 9.59 Å². The van der Waals surface area contributed by atoms with Crippen LogP contribution in [0.15, 0.2) is 48.5 Å². The van der Waals surface area contributed by atoms with Crippen molar-refractivity contribution in [2.45, 2.75) is 33.2 Å². The lowest BCUT2D eigenvalue weighted by molar-refractivity contribution is -0.121. The monoisotopic (exact) mass is 365 g/mol. The van der Waals surface area contributed by atoms with Crippen molar-refractivity contribution >= 4 is 17.6 Å². The Morgan fingerprint density at radius 3 is 2.63 bits per heavy atom. The van der Waals surface area contributed by atoms with E-state index in [0.717, 1.165) is 29.7 Å². The number of carbonyl (C=O) groups excluding carboxylic acids is 2. The topological polar surface area (TPSA) is 61.4 Å². The molecule has 2 N–H and O–H groups in total. The summed E-state index contributed by atoms with van der Waals surface area (Å²) in [5, 5.41) is 5.98. The van der Waals surface area contributed by atoms with Crippen molar-refractivity contribution in [1.29, 1.82) is 0 Å². The molecular formula is C22H27N3O2. The zero-order chi connectivity index (χ0) is 19.2. The van der Waals surface area contributed by atoms with Gasteiger partial charge in [0.25, 0.3) is 0 Å². The molecule has 0 spiro atoms. The summed E-state index contributed by atoms with van der Waals surface area (Å²) in [7, 11) is 0. The Hall–Kier alpha value is -2.82. The van der Waals surface area contributed by atoms with Crippen LogP contribution in [0, 0.1) is 19.8 Å². The normalized spacial score (nSPS) is 16.7. The third-order valence-corrected chi connectivity index (χ3v) is 5.01. The number of hydrogen-bond acceptors (Lipinski definition) is 2. The Kier molecular flexibility index (Phi) is 6.12. The number of piperidine rings is 1. The third-order valence-electron chi connectivity index (χ3n) is 5.01. The van der Waals surface area contributed by atoms with Gasteiger partial charge in [0.2, 0.25) is 5.91 Å². The van der Waals surface area contributed by atoms with Gasteiger partial charge in [0.15, 0.2) is 0 Å². The summed E-state index contributed by atoms with van der Waals surface area (Å²) in [5.74, 6) is -0.190. The SMILES string of the molecule is Cc1ccc(NC(=O)[C@H]2CCCN(C(=O)NCc3ccccc3)C2)c(C)c1. The van der Waals surface area contributed by atoms with Crippen molar-refractivity contribution < 1.29 is 9.59 Å². The van der Waals surface area contributed by atoms with Gasteiger partial charge < -0.3 is 15.5 Å². The number of aryl methyl sites for hydroxylation is 2. The van der Waals surface area contributed by atoms with Gasteiger partial charge in [0, 0.05) is 25.3 Å². The Bertz CT molecular complexity index is 804. The summed E-state index contributed by atoms with van der Waals surface area (Å²) in [6.45, 7) is 5.67. The van der Waals surface area contributed by atoms with Gasteiger partial charge in [0.1, 0.15) is 0 Å². The standard InChI is InChI=1S/C22H27N3O2/c1-16-10-11-20(17(2)13-16)24-21(26)19-9-6-12-25(15-19)22(27)23-14-18-7-4-3-5-8-18/h3-5,7-8,10-11,13,19H,6,9,12,14-15H2,1-2H3,(H,23,27)(H,24,26)/t19-/m0/s1. The average molecular weight is 365 g/mol. The second-order valence-corrected chi connectivity index (χ2v) is 7.24. The van der Waals surface area contributed by atoms with Gasteiger partial charge in [0.05, 0.1) is 5.92 Å². The van der Waals surface area contributed by atoms with Gasteiger partial charge in [-0.15, -0.1) is 0 Å². The molecule has 1 fully saturated rings. The fourth-order valence-corrected chi connectivity index (χ4v) is 3.45. The molecule has 5 nitrogen and oxygen atoms in total. The Morgan fingerprint density at radius 1 is 1.11 bits per heavy atom. The zero-order valence-corrected chi connectivity index (χ0v) is 16.0. The van der Waals surface area contributed by atoms with Gasteiger partial charge in [-0.1, -0.05) is 48.0 Å².